The largest absolute Gasteiger partial charge is 0.487 e. The number of halogens is 2. The van der Waals surface area contributed by atoms with Crippen molar-refractivity contribution in [3.8, 4) is 5.75 Å². The Labute approximate surface area is 277 Å². The Balaban J connectivity index is 1.55. The molecule has 0 bridgehead atoms. The first kappa shape index (κ1) is 29.7. The van der Waals surface area contributed by atoms with E-state index in [0.29, 0.717) is 33.0 Å². The molecule has 6 nitrogen and oxygen atoms in total. The maximum atomic E-state index is 14.2. The van der Waals surface area contributed by atoms with E-state index in [-0.39, 0.29) is 12.2 Å². The van der Waals surface area contributed by atoms with E-state index in [2.05, 4.69) is 38.5 Å². The molecule has 3 heterocycles. The molecule has 1 atom stereocenters. The highest BCUT2D eigenvalue weighted by atomic mass is 127. The Morgan fingerprint density at radius 1 is 1.07 bits per heavy atom. The third kappa shape index (κ3) is 6.19. The normalized spacial score (nSPS) is 14.8. The first-order valence-corrected chi connectivity index (χ1v) is 17.0. The van der Waals surface area contributed by atoms with Crippen molar-refractivity contribution in [1.29, 1.82) is 0 Å². The van der Waals surface area contributed by atoms with Gasteiger partial charge in [-0.15, -0.1) is 11.3 Å². The lowest BCUT2D eigenvalue weighted by Crippen LogP contribution is -2.39. The fourth-order valence-electron chi connectivity index (χ4n) is 4.87. The van der Waals surface area contributed by atoms with Gasteiger partial charge in [-0.3, -0.25) is 9.36 Å². The number of thiophene rings is 1. The van der Waals surface area contributed by atoms with Gasteiger partial charge < -0.3 is 9.47 Å². The van der Waals surface area contributed by atoms with Crippen molar-refractivity contribution < 1.29 is 14.3 Å². The van der Waals surface area contributed by atoms with Gasteiger partial charge in [0, 0.05) is 20.5 Å². The second-order valence-electron chi connectivity index (χ2n) is 9.53. The van der Waals surface area contributed by atoms with Gasteiger partial charge in [-0.05, 0) is 64.7 Å². The lowest BCUT2D eigenvalue weighted by molar-refractivity contribution is -0.138. The van der Waals surface area contributed by atoms with Gasteiger partial charge >= 0.3 is 5.97 Å². The average molecular weight is 784 g/mol. The number of esters is 1. The smallest absolute Gasteiger partial charge is 0.338 e. The van der Waals surface area contributed by atoms with Gasteiger partial charge in [0.15, 0.2) is 4.80 Å². The highest BCUT2D eigenvalue weighted by Crippen LogP contribution is 2.37. The number of carbonyl (C=O) groups is 1. The number of thiazole rings is 1. The molecule has 0 aliphatic carbocycles. The highest BCUT2D eigenvalue weighted by Gasteiger charge is 2.35. The van der Waals surface area contributed by atoms with Crippen LogP contribution in [0.25, 0.3) is 11.8 Å². The molecule has 5 aromatic rings. The topological polar surface area (TPSA) is 69.9 Å². The zero-order valence-electron chi connectivity index (χ0n) is 22.8. The predicted molar refractivity (Wildman–Crippen MR) is 183 cm³/mol. The van der Waals surface area contributed by atoms with Crippen LogP contribution < -0.4 is 19.6 Å². The minimum absolute atomic E-state index is 0.208. The van der Waals surface area contributed by atoms with Gasteiger partial charge in [0.2, 0.25) is 0 Å². The number of aromatic nitrogens is 1. The Bertz CT molecular complexity index is 2000. The van der Waals surface area contributed by atoms with E-state index >= 15 is 0 Å². The molecule has 0 spiro atoms. The van der Waals surface area contributed by atoms with Crippen LogP contribution in [0.2, 0.25) is 0 Å². The van der Waals surface area contributed by atoms with Gasteiger partial charge in [0.25, 0.3) is 5.56 Å². The summed E-state index contributed by atoms with van der Waals surface area (Å²) in [7, 11) is 0. The quantitative estimate of drug-likeness (QED) is 0.126. The van der Waals surface area contributed by atoms with E-state index in [1.54, 1.807) is 11.5 Å². The second-order valence-corrected chi connectivity index (χ2v) is 13.6. The van der Waals surface area contributed by atoms with Gasteiger partial charge in [0.1, 0.15) is 18.4 Å². The maximum absolute atomic E-state index is 14.2. The summed E-state index contributed by atoms with van der Waals surface area (Å²) in [6.07, 6.45) is 1.85. The molecule has 0 N–H and O–H groups in total. The Hall–Kier alpha value is -3.32. The standard InChI is InChI=1S/C33H24BrIN2O4S2/c1-2-40-32(39)27-28(21-12-7-4-8-13-21)36-33-37(29(27)25-14-9-15-42-25)31(38)26(43-33)17-22-16-23(34)18-24(35)30(22)41-19-20-10-5-3-6-11-20/h3-18,29H,2,19H2,1H3/b26-17-/t29-/m0/s1. The van der Waals surface area contributed by atoms with Crippen LogP contribution in [0.5, 0.6) is 5.75 Å². The van der Waals surface area contributed by atoms with Crippen LogP contribution in [0.1, 0.15) is 34.5 Å². The first-order chi connectivity index (χ1) is 20.9. The summed E-state index contributed by atoms with van der Waals surface area (Å²) >= 11 is 8.63. The monoisotopic (exact) mass is 782 g/mol. The van der Waals surface area contributed by atoms with Crippen LogP contribution >= 0.6 is 61.2 Å². The van der Waals surface area contributed by atoms with E-state index in [1.165, 1.54) is 22.7 Å². The highest BCUT2D eigenvalue weighted by molar-refractivity contribution is 14.1. The lowest BCUT2D eigenvalue weighted by Gasteiger charge is -2.24. The van der Waals surface area contributed by atoms with Crippen molar-refractivity contribution in [2.75, 3.05) is 6.61 Å². The predicted octanol–water partition coefficient (Wildman–Crippen LogP) is 6.94. The van der Waals surface area contributed by atoms with Crippen molar-refractivity contribution in [3.05, 3.63) is 145 Å². The molecule has 0 fully saturated rings. The number of nitrogens with zero attached hydrogens (tertiary/aromatic N) is 2. The molecule has 0 saturated carbocycles. The Morgan fingerprint density at radius 3 is 2.51 bits per heavy atom. The summed E-state index contributed by atoms with van der Waals surface area (Å²) in [6, 6.07) is 26.6. The molecule has 6 rings (SSSR count). The molecule has 43 heavy (non-hydrogen) atoms. The Morgan fingerprint density at radius 2 is 1.81 bits per heavy atom. The third-order valence-corrected chi connectivity index (χ3v) is 9.90. The minimum atomic E-state index is -0.677. The van der Waals surface area contributed by atoms with Crippen molar-refractivity contribution in [3.63, 3.8) is 0 Å². The van der Waals surface area contributed by atoms with E-state index < -0.39 is 12.0 Å². The SMILES string of the molecule is CCOC(=O)C1=C(c2ccccc2)N=c2s/c(=C\c3cc(Br)cc(I)c3OCc3ccccc3)c(=O)n2[C@H]1c1cccs1. The van der Waals surface area contributed by atoms with E-state index in [4.69, 9.17) is 14.5 Å². The van der Waals surface area contributed by atoms with Crippen LogP contribution in [0.3, 0.4) is 0 Å². The number of ether oxygens (including phenoxy) is 2. The van der Waals surface area contributed by atoms with E-state index in [9.17, 15) is 9.59 Å². The molecular formula is C33H24BrIN2O4S2. The molecule has 1 aliphatic rings. The molecule has 3 aromatic carbocycles. The molecule has 0 unspecified atom stereocenters. The van der Waals surface area contributed by atoms with Crippen LogP contribution in [0.15, 0.2) is 110 Å². The number of hydrogen-bond acceptors (Lipinski definition) is 7. The van der Waals surface area contributed by atoms with Crippen molar-refractivity contribution in [2.45, 2.75) is 19.6 Å². The summed E-state index contributed by atoms with van der Waals surface area (Å²) in [5.41, 5.74) is 3.21. The zero-order chi connectivity index (χ0) is 29.9. The van der Waals surface area contributed by atoms with Gasteiger partial charge in [-0.2, -0.15) is 0 Å². The van der Waals surface area contributed by atoms with Gasteiger partial charge in [-0.1, -0.05) is 94.0 Å². The van der Waals surface area contributed by atoms with Gasteiger partial charge in [-0.25, -0.2) is 9.79 Å². The van der Waals surface area contributed by atoms with E-state index in [0.717, 1.165) is 29.6 Å². The van der Waals surface area contributed by atoms with Gasteiger partial charge in [0.05, 0.1) is 26.0 Å². The number of carbonyl (C=O) groups excluding carboxylic acids is 1. The average Bonchev–Trinajstić information content (AvgIpc) is 3.65. The van der Waals surface area contributed by atoms with Crippen LogP contribution in [0, 0.1) is 3.57 Å². The molecule has 216 valence electrons. The second kappa shape index (κ2) is 13.1. The van der Waals surface area contributed by atoms with E-state index in [1.807, 2.05) is 96.4 Å². The molecule has 0 saturated heterocycles. The summed E-state index contributed by atoms with van der Waals surface area (Å²) in [5, 5.41) is 1.94. The van der Waals surface area contributed by atoms with Crippen LogP contribution in [0.4, 0.5) is 0 Å². The number of fused-ring (bicyclic) bond motifs is 1. The lowest BCUT2D eigenvalue weighted by atomic mass is 9.97. The summed E-state index contributed by atoms with van der Waals surface area (Å²) < 4.78 is 15.7. The molecular weight excluding hydrogens is 759 g/mol. The summed E-state index contributed by atoms with van der Waals surface area (Å²) in [4.78, 5) is 34.0. The summed E-state index contributed by atoms with van der Waals surface area (Å²) in [5.74, 6) is 0.196. The van der Waals surface area contributed by atoms with Crippen LogP contribution in [-0.4, -0.2) is 17.1 Å². The first-order valence-electron chi connectivity index (χ1n) is 13.4. The molecule has 10 heteroatoms. The molecule has 0 amide bonds. The van der Waals surface area contributed by atoms with Crippen molar-refractivity contribution in [2.24, 2.45) is 4.99 Å². The fourth-order valence-corrected chi connectivity index (χ4v) is 8.39. The summed E-state index contributed by atoms with van der Waals surface area (Å²) in [6.45, 7) is 2.37. The third-order valence-electron chi connectivity index (χ3n) is 6.74. The van der Waals surface area contributed by atoms with Crippen molar-refractivity contribution >= 4 is 78.9 Å². The number of rotatable bonds is 8. The van der Waals surface area contributed by atoms with Crippen LogP contribution in [-0.2, 0) is 16.1 Å². The fraction of sp³-hybridized carbons (Fsp3) is 0.121. The number of benzene rings is 3. The Kier molecular flexibility index (Phi) is 9.08. The maximum Gasteiger partial charge on any atom is 0.338 e. The molecule has 1 aliphatic heterocycles. The number of hydrogen-bond donors (Lipinski definition) is 0. The zero-order valence-corrected chi connectivity index (χ0v) is 28.2. The minimum Gasteiger partial charge on any atom is -0.487 e. The molecule has 0 radical (unpaired) electrons. The molecule has 2 aromatic heterocycles. The van der Waals surface area contributed by atoms with Crippen molar-refractivity contribution in [1.82, 2.24) is 4.57 Å².